The minimum absolute atomic E-state index is 0. The van der Waals surface area contributed by atoms with E-state index in [1.54, 1.807) is 135 Å². The van der Waals surface area contributed by atoms with Crippen molar-refractivity contribution in [2.24, 2.45) is 0 Å². The average Bonchev–Trinajstić information content (AvgIpc) is 1.45. The predicted molar refractivity (Wildman–Crippen MR) is 351 cm³/mol. The number of rotatable bonds is 7. The van der Waals surface area contributed by atoms with E-state index in [0.29, 0.717) is 89.6 Å². The zero-order valence-corrected chi connectivity index (χ0v) is 50.4. The summed E-state index contributed by atoms with van der Waals surface area (Å²) in [4.78, 5) is 66.4. The molecule has 0 unspecified atom stereocenters. The van der Waals surface area contributed by atoms with Gasteiger partial charge in [-0.2, -0.15) is 0 Å². The molecule has 0 bridgehead atoms. The van der Waals surface area contributed by atoms with Gasteiger partial charge in [0.15, 0.2) is 35.3 Å². The molecular formula is C61H52BCl5F3N16O5. The van der Waals surface area contributed by atoms with Gasteiger partial charge in [0.1, 0.15) is 50.1 Å². The second-order valence-corrected chi connectivity index (χ2v) is 19.2. The fourth-order valence-electron chi connectivity index (χ4n) is 7.04. The summed E-state index contributed by atoms with van der Waals surface area (Å²) >= 11 is 28.7. The number of hydrogen-bond acceptors (Lipinski definition) is 21. The number of fused-ring (bicyclic) bond motifs is 3. The van der Waals surface area contributed by atoms with Gasteiger partial charge in [-0.1, -0.05) is 102 Å². The van der Waals surface area contributed by atoms with E-state index in [2.05, 4.69) is 69.8 Å². The van der Waals surface area contributed by atoms with Gasteiger partial charge in [0, 0.05) is 97.7 Å². The molecule has 0 atom stereocenters. The van der Waals surface area contributed by atoms with Gasteiger partial charge in [-0.25, -0.2) is 63.0 Å². The Morgan fingerprint density at radius 1 is 0.516 bits per heavy atom. The first-order chi connectivity index (χ1) is 43.6. The van der Waals surface area contributed by atoms with Gasteiger partial charge in [0.05, 0.1) is 37.8 Å². The average molecular weight is 1330 g/mol. The molecule has 1 radical (unpaired) electrons. The van der Waals surface area contributed by atoms with Crippen molar-refractivity contribution in [1.29, 1.82) is 0 Å². The molecule has 1 saturated heterocycles. The molecule has 1 fully saturated rings. The number of halogens is 8. The molecular weight excluding hydrogens is 1280 g/mol. The Bertz CT molecular complexity index is 4210. The monoisotopic (exact) mass is 1330 g/mol. The number of para-hydroxylation sites is 1. The molecule has 0 aliphatic carbocycles. The van der Waals surface area contributed by atoms with E-state index in [-0.39, 0.29) is 54.0 Å². The van der Waals surface area contributed by atoms with Crippen LogP contribution in [0.2, 0.25) is 25.4 Å². The second kappa shape index (κ2) is 38.5. The normalized spacial score (nSPS) is 10.6. The zero-order valence-electron chi connectivity index (χ0n) is 46.6. The summed E-state index contributed by atoms with van der Waals surface area (Å²) in [5, 5.41) is 13.2. The van der Waals surface area contributed by atoms with Gasteiger partial charge in [0.25, 0.3) is 0 Å². The number of carbonyl (C=O) groups is 2. The van der Waals surface area contributed by atoms with Crippen LogP contribution in [-0.2, 0) is 14.3 Å². The summed E-state index contributed by atoms with van der Waals surface area (Å²) in [5.41, 5.74) is 23.4. The molecule has 9 aromatic heterocycles. The maximum absolute atomic E-state index is 14.1. The van der Waals surface area contributed by atoms with Crippen molar-refractivity contribution < 1.29 is 37.2 Å². The molecule has 3 aromatic carbocycles. The smallest absolute Gasteiger partial charge is 0.535 e. The molecule has 12 aromatic rings. The maximum atomic E-state index is 14.1. The Kier molecular flexibility index (Phi) is 30.4. The van der Waals surface area contributed by atoms with Gasteiger partial charge in [-0.05, 0) is 97.8 Å². The van der Waals surface area contributed by atoms with Crippen LogP contribution >= 0.6 is 58.0 Å². The highest BCUT2D eigenvalue weighted by molar-refractivity contribution is 6.37. The number of hydrogen-bond donors (Lipinski definition) is 5. The van der Waals surface area contributed by atoms with Crippen LogP contribution in [0.5, 0.6) is 5.75 Å². The van der Waals surface area contributed by atoms with Crippen molar-refractivity contribution in [3.63, 3.8) is 0 Å². The number of aldehydes is 2. The van der Waals surface area contributed by atoms with Gasteiger partial charge in [-0.15, -0.1) is 0 Å². The molecule has 0 spiro atoms. The number of anilines is 5. The summed E-state index contributed by atoms with van der Waals surface area (Å²) in [6.45, 7) is 2.00. The molecule has 8 N–H and O–H groups in total. The third-order valence-electron chi connectivity index (χ3n) is 11.1. The number of ether oxygens (including phenoxy) is 1. The number of nitrogens with two attached hydrogens (primary N) is 3. The fourth-order valence-corrected chi connectivity index (χ4v) is 8.21. The molecule has 30 heteroatoms. The van der Waals surface area contributed by atoms with Crippen molar-refractivity contribution in [2.45, 2.75) is 20.3 Å². The largest absolute Gasteiger partial charge is 0.569 e. The summed E-state index contributed by atoms with van der Waals surface area (Å²) in [6, 6.07) is 32.3. The fraction of sp³-hybridized carbons (Fsp3) is 0.0820. The van der Waals surface area contributed by atoms with E-state index in [9.17, 15) is 13.2 Å². The predicted octanol–water partition coefficient (Wildman–Crippen LogP) is 13.6. The van der Waals surface area contributed by atoms with E-state index in [1.165, 1.54) is 49.4 Å². The number of nitrogens with zero attached hydrogens (tertiary/aromatic N) is 12. The number of nitrogen functional groups attached to an aromatic ring is 3. The molecule has 13 rings (SSSR count). The molecule has 465 valence electrons. The van der Waals surface area contributed by atoms with Crippen molar-refractivity contribution in [3.05, 3.63) is 226 Å². The minimum atomic E-state index is -0.493. The van der Waals surface area contributed by atoms with Crippen LogP contribution in [0.15, 0.2) is 183 Å². The third-order valence-corrected chi connectivity index (χ3v) is 12.3. The maximum Gasteiger partial charge on any atom is 0.569 e. The topological polar surface area (TPSA) is 318 Å². The summed E-state index contributed by atoms with van der Waals surface area (Å²) in [5.74, 6) is -0.984. The SMILES string of the molecule is C.C1CCOC1.Clc1cc(Cl)c2nccnc2n1.Fc1ccccc1-c1cc(Cl)c2nccnc2n1.Fc1ccccc1-c1cc(Nc2ccncc2)c2nccnc2n1.Nc1ccncc1.Nc1nc(Cl)cc(Cl)c1N.O=CC=O.O[B]Oc1ccccc1F. The molecule has 21 nitrogen and oxygen atoms in total. The van der Waals surface area contributed by atoms with Crippen LogP contribution in [0.1, 0.15) is 20.3 Å². The van der Waals surface area contributed by atoms with E-state index < -0.39 is 5.82 Å². The summed E-state index contributed by atoms with van der Waals surface area (Å²) < 4.78 is 49.7. The Morgan fingerprint density at radius 3 is 1.43 bits per heavy atom. The number of carbonyl (C=O) groups excluding carboxylic acids is 2. The van der Waals surface area contributed by atoms with E-state index in [4.69, 9.17) is 94.6 Å². The summed E-state index contributed by atoms with van der Waals surface area (Å²) in [6.07, 6.45) is 19.0. The zero-order chi connectivity index (χ0) is 64.6. The Labute approximate surface area is 544 Å². The van der Waals surface area contributed by atoms with Crippen LogP contribution in [0, 0.1) is 17.5 Å². The first-order valence-electron chi connectivity index (χ1n) is 25.9. The minimum Gasteiger partial charge on any atom is -0.535 e. The van der Waals surface area contributed by atoms with E-state index in [0.717, 1.165) is 24.6 Å². The van der Waals surface area contributed by atoms with Crippen molar-refractivity contribution in [1.82, 2.24) is 59.8 Å². The Hall–Kier alpha value is -9.86. The van der Waals surface area contributed by atoms with Crippen molar-refractivity contribution in [3.8, 4) is 28.3 Å². The lowest BCUT2D eigenvalue weighted by atomic mass is 10.1. The first-order valence-corrected chi connectivity index (χ1v) is 27.8. The molecule has 0 saturated carbocycles. The highest BCUT2D eigenvalue weighted by Crippen LogP contribution is 2.31. The van der Waals surface area contributed by atoms with Gasteiger partial charge in [-0.3, -0.25) is 19.6 Å². The standard InChI is InChI=1S/C18H12FN5.C13H7ClFN3.C7H3Cl2N3.C6H5BFO2.C5H5Cl2N3.C5H6N2.C4H8O.C2H2O2.CH4/c19-14-4-2-1-3-13(14)15-11-16(23-12-5-7-20-8-6-12)17-18(24-15)22-10-9-21-17;14-9-7-11(8-3-1-2-4-10(8)15)18-13-12(9)16-5-6-17-13;8-4-3-5(9)12-7-6(4)10-1-2-11-7;8-5-3-1-2-4-6(5)10-7-9;6-2-1-3(7)10-5(9)4(2)8;6-5-1-3-7-4-2-5;1-2-4-5-3-1;3-1-2-4;/h1-11H,(H,20,22,23,24);1-7H;1-3H;1-4,9H;1H,8H2,(H2,9,10);1-4H,(H2,6,7);1-4H2;1-2H;1H4. The molecule has 10 heterocycles. The van der Waals surface area contributed by atoms with Gasteiger partial charge < -0.3 is 36.9 Å². The lowest BCUT2D eigenvalue weighted by molar-refractivity contribution is -0.122. The quantitative estimate of drug-likeness (QED) is 0.0428. The second-order valence-electron chi connectivity index (χ2n) is 17.2. The van der Waals surface area contributed by atoms with Crippen LogP contribution < -0.4 is 27.2 Å². The molecule has 1 aliphatic rings. The van der Waals surface area contributed by atoms with Crippen LogP contribution in [0.3, 0.4) is 0 Å². The van der Waals surface area contributed by atoms with E-state index >= 15 is 0 Å². The van der Waals surface area contributed by atoms with Gasteiger partial charge >= 0.3 is 7.69 Å². The van der Waals surface area contributed by atoms with Gasteiger partial charge in [0.2, 0.25) is 0 Å². The number of aromatic nitrogens is 12. The lowest BCUT2D eigenvalue weighted by Crippen LogP contribution is -2.00. The first kappa shape index (κ1) is 71.9. The molecule has 1 aliphatic heterocycles. The summed E-state index contributed by atoms with van der Waals surface area (Å²) in [7, 11) is 0.443. The Balaban J connectivity index is 0.000000200. The number of nitrogens with one attached hydrogen (secondary N) is 1. The van der Waals surface area contributed by atoms with Crippen molar-refractivity contribution in [2.75, 3.05) is 35.7 Å². The lowest BCUT2D eigenvalue weighted by Gasteiger charge is -2.11. The van der Waals surface area contributed by atoms with E-state index in [1.807, 2.05) is 12.1 Å². The molecule has 91 heavy (non-hydrogen) atoms. The Morgan fingerprint density at radius 2 is 0.956 bits per heavy atom. The molecule has 0 amide bonds. The highest BCUT2D eigenvalue weighted by Gasteiger charge is 2.14. The van der Waals surface area contributed by atoms with Crippen molar-refractivity contribution >= 4 is 140 Å². The van der Waals surface area contributed by atoms with Crippen LogP contribution in [0.4, 0.5) is 41.7 Å². The third kappa shape index (κ3) is 23.2. The van der Waals surface area contributed by atoms with Crippen LogP contribution in [-0.4, -0.2) is 98.3 Å². The number of pyridine rings is 6. The number of benzene rings is 3. The highest BCUT2D eigenvalue weighted by atomic mass is 35.5. The van der Waals surface area contributed by atoms with Crippen LogP contribution in [0.25, 0.3) is 56.0 Å².